The van der Waals surface area contributed by atoms with E-state index in [0.717, 1.165) is 12.8 Å². The first-order chi connectivity index (χ1) is 3.93. The molecule has 0 radical (unpaired) electrons. The van der Waals surface area contributed by atoms with Gasteiger partial charge in [0.2, 0.25) is 0 Å². The second kappa shape index (κ2) is 2.50. The van der Waals surface area contributed by atoms with Gasteiger partial charge >= 0.3 is 0 Å². The van der Waals surface area contributed by atoms with Crippen LogP contribution in [-0.4, -0.2) is 13.3 Å². The standard InChI is InChI=1S/C6H10N2/c1-7-6-3-2-4-8-5-6/h4-5,7H,2-3H2,1H3. The molecule has 8 heavy (non-hydrogen) atoms. The average molecular weight is 110 g/mol. The number of nitrogens with one attached hydrogen (secondary N) is 1. The summed E-state index contributed by atoms with van der Waals surface area (Å²) in [4.78, 5) is 3.98. The fourth-order valence-electron chi connectivity index (χ4n) is 0.691. The number of nitrogens with zero attached hydrogens (tertiary/aromatic N) is 1. The molecule has 0 aromatic rings. The van der Waals surface area contributed by atoms with Crippen LogP contribution < -0.4 is 5.32 Å². The first-order valence-electron chi connectivity index (χ1n) is 2.82. The highest BCUT2D eigenvalue weighted by Crippen LogP contribution is 2.03. The van der Waals surface area contributed by atoms with Crippen LogP contribution in [-0.2, 0) is 0 Å². The minimum atomic E-state index is 1.08. The molecule has 1 aliphatic rings. The van der Waals surface area contributed by atoms with E-state index in [9.17, 15) is 0 Å². The molecule has 0 saturated heterocycles. The lowest BCUT2D eigenvalue weighted by molar-refractivity contribution is 0.854. The van der Waals surface area contributed by atoms with Crippen molar-refractivity contribution in [3.8, 4) is 0 Å². The Bertz CT molecular complexity index is 124. The Morgan fingerprint density at radius 2 is 2.62 bits per heavy atom. The molecule has 44 valence electrons. The molecule has 0 fully saturated rings. The molecule has 1 rings (SSSR count). The van der Waals surface area contributed by atoms with E-state index in [4.69, 9.17) is 0 Å². The second-order valence-corrected chi connectivity index (χ2v) is 1.77. The molecule has 0 atom stereocenters. The molecule has 0 saturated carbocycles. The van der Waals surface area contributed by atoms with Crippen molar-refractivity contribution in [3.05, 3.63) is 11.9 Å². The Labute approximate surface area is 49.3 Å². The number of hydrogen-bond donors (Lipinski definition) is 1. The Hall–Kier alpha value is -0.790. The van der Waals surface area contributed by atoms with E-state index >= 15 is 0 Å². The Morgan fingerprint density at radius 1 is 1.75 bits per heavy atom. The summed E-state index contributed by atoms with van der Waals surface area (Å²) >= 11 is 0. The highest BCUT2D eigenvalue weighted by molar-refractivity contribution is 5.59. The van der Waals surface area contributed by atoms with E-state index in [1.165, 1.54) is 5.70 Å². The summed E-state index contributed by atoms with van der Waals surface area (Å²) in [7, 11) is 1.92. The smallest absolute Gasteiger partial charge is 0.0453 e. The van der Waals surface area contributed by atoms with Crippen molar-refractivity contribution >= 4 is 6.21 Å². The summed E-state index contributed by atoms with van der Waals surface area (Å²) in [5.74, 6) is 0. The number of aliphatic imine (C=N–C) groups is 1. The van der Waals surface area contributed by atoms with Gasteiger partial charge in [0, 0.05) is 25.2 Å². The topological polar surface area (TPSA) is 24.4 Å². The molecular weight excluding hydrogens is 100 g/mol. The first-order valence-corrected chi connectivity index (χ1v) is 2.82. The van der Waals surface area contributed by atoms with Crippen molar-refractivity contribution in [1.29, 1.82) is 0 Å². The summed E-state index contributed by atoms with van der Waals surface area (Å²) in [5, 5.41) is 3.05. The van der Waals surface area contributed by atoms with Crippen LogP contribution in [0.4, 0.5) is 0 Å². The van der Waals surface area contributed by atoms with Gasteiger partial charge in [0.05, 0.1) is 0 Å². The van der Waals surface area contributed by atoms with Crippen LogP contribution in [0.2, 0.25) is 0 Å². The van der Waals surface area contributed by atoms with Crippen LogP contribution in [0.1, 0.15) is 12.8 Å². The summed E-state index contributed by atoms with van der Waals surface area (Å²) in [5.41, 5.74) is 1.23. The lowest BCUT2D eigenvalue weighted by Gasteiger charge is -2.05. The second-order valence-electron chi connectivity index (χ2n) is 1.77. The van der Waals surface area contributed by atoms with Crippen molar-refractivity contribution in [2.75, 3.05) is 7.05 Å². The molecule has 1 heterocycles. The third kappa shape index (κ3) is 1.09. The zero-order chi connectivity index (χ0) is 5.82. The van der Waals surface area contributed by atoms with Crippen molar-refractivity contribution in [2.45, 2.75) is 12.8 Å². The minimum Gasteiger partial charge on any atom is -0.390 e. The van der Waals surface area contributed by atoms with Gasteiger partial charge in [-0.1, -0.05) is 0 Å². The van der Waals surface area contributed by atoms with E-state index in [0.29, 0.717) is 0 Å². The maximum atomic E-state index is 3.98. The molecule has 1 aliphatic heterocycles. The van der Waals surface area contributed by atoms with E-state index < -0.39 is 0 Å². The van der Waals surface area contributed by atoms with Crippen LogP contribution in [0.5, 0.6) is 0 Å². The summed E-state index contributed by atoms with van der Waals surface area (Å²) in [6.07, 6.45) is 5.98. The lowest BCUT2D eigenvalue weighted by atomic mass is 10.2. The molecule has 0 spiro atoms. The fourth-order valence-corrected chi connectivity index (χ4v) is 0.691. The molecule has 0 amide bonds. The van der Waals surface area contributed by atoms with Gasteiger partial charge in [0.25, 0.3) is 0 Å². The predicted octanol–water partition coefficient (Wildman–Crippen LogP) is 0.912. The van der Waals surface area contributed by atoms with Crippen LogP contribution in [0.25, 0.3) is 0 Å². The van der Waals surface area contributed by atoms with Gasteiger partial charge in [-0.25, -0.2) is 0 Å². The molecule has 0 aromatic carbocycles. The predicted molar refractivity (Wildman–Crippen MR) is 34.9 cm³/mol. The lowest BCUT2D eigenvalue weighted by Crippen LogP contribution is -2.07. The quantitative estimate of drug-likeness (QED) is 0.533. The van der Waals surface area contributed by atoms with Crippen LogP contribution in [0, 0.1) is 0 Å². The van der Waals surface area contributed by atoms with Crippen LogP contribution in [0.15, 0.2) is 16.9 Å². The Morgan fingerprint density at radius 3 is 3.00 bits per heavy atom. The first kappa shape index (κ1) is 5.35. The van der Waals surface area contributed by atoms with E-state index in [-0.39, 0.29) is 0 Å². The van der Waals surface area contributed by atoms with Gasteiger partial charge in [-0.2, -0.15) is 0 Å². The molecule has 0 unspecified atom stereocenters. The van der Waals surface area contributed by atoms with Gasteiger partial charge < -0.3 is 5.32 Å². The van der Waals surface area contributed by atoms with Gasteiger partial charge in [-0.15, -0.1) is 0 Å². The van der Waals surface area contributed by atoms with Crippen molar-refractivity contribution < 1.29 is 0 Å². The maximum Gasteiger partial charge on any atom is 0.0453 e. The molecule has 2 nitrogen and oxygen atoms in total. The largest absolute Gasteiger partial charge is 0.390 e. The Balaban J connectivity index is 2.50. The van der Waals surface area contributed by atoms with E-state index in [2.05, 4.69) is 10.3 Å². The molecule has 0 bridgehead atoms. The minimum absolute atomic E-state index is 1.08. The summed E-state index contributed by atoms with van der Waals surface area (Å²) in [6.45, 7) is 0. The van der Waals surface area contributed by atoms with E-state index in [1.54, 1.807) is 0 Å². The van der Waals surface area contributed by atoms with Crippen LogP contribution in [0.3, 0.4) is 0 Å². The zero-order valence-corrected chi connectivity index (χ0v) is 5.02. The third-order valence-corrected chi connectivity index (χ3v) is 1.20. The van der Waals surface area contributed by atoms with Crippen molar-refractivity contribution in [1.82, 2.24) is 5.32 Å². The average Bonchev–Trinajstić information content (AvgIpc) is 1.90. The molecule has 1 N–H and O–H groups in total. The SMILES string of the molecule is CNC1=CN=CCC1. The van der Waals surface area contributed by atoms with Gasteiger partial charge in [-0.3, -0.25) is 4.99 Å². The van der Waals surface area contributed by atoms with Gasteiger partial charge in [0.1, 0.15) is 0 Å². The van der Waals surface area contributed by atoms with Gasteiger partial charge in [0.15, 0.2) is 0 Å². The zero-order valence-electron chi connectivity index (χ0n) is 5.02. The maximum absolute atomic E-state index is 3.98. The third-order valence-electron chi connectivity index (χ3n) is 1.20. The normalized spacial score (nSPS) is 17.9. The number of hydrogen-bond acceptors (Lipinski definition) is 2. The molecule has 2 heteroatoms. The number of allylic oxidation sites excluding steroid dienone is 1. The highest BCUT2D eigenvalue weighted by atomic mass is 14.9. The molecule has 0 aliphatic carbocycles. The molecular formula is C6H10N2. The van der Waals surface area contributed by atoms with Crippen molar-refractivity contribution in [3.63, 3.8) is 0 Å². The Kier molecular flexibility index (Phi) is 1.67. The summed E-state index contributed by atoms with van der Waals surface area (Å²) < 4.78 is 0. The molecule has 0 aromatic heterocycles. The van der Waals surface area contributed by atoms with Crippen molar-refractivity contribution in [2.24, 2.45) is 4.99 Å². The summed E-state index contributed by atoms with van der Waals surface area (Å²) in [6, 6.07) is 0. The van der Waals surface area contributed by atoms with E-state index in [1.807, 2.05) is 19.5 Å². The monoisotopic (exact) mass is 110 g/mol. The number of rotatable bonds is 1. The fraction of sp³-hybridized carbons (Fsp3) is 0.500. The van der Waals surface area contributed by atoms with Crippen LogP contribution >= 0.6 is 0 Å². The highest BCUT2D eigenvalue weighted by Gasteiger charge is 1.93. The van der Waals surface area contributed by atoms with Gasteiger partial charge in [-0.05, 0) is 12.8 Å².